The zero-order chi connectivity index (χ0) is 14.3. The molecule has 1 atom stereocenters. The normalized spacial score (nSPS) is 8.63. The molecular formula is C18H27P. The van der Waals surface area contributed by atoms with Gasteiger partial charge in [-0.15, -0.1) is 9.24 Å². The van der Waals surface area contributed by atoms with Gasteiger partial charge in [0, 0.05) is 0 Å². The summed E-state index contributed by atoms with van der Waals surface area (Å²) < 4.78 is 0. The SMILES string of the molecule is CCCCP.Cc1ccccc1.Cc1ccccc1. The summed E-state index contributed by atoms with van der Waals surface area (Å²) in [7, 11) is 2.70. The van der Waals surface area contributed by atoms with Gasteiger partial charge in [-0.2, -0.15) is 0 Å². The molecule has 0 saturated carbocycles. The fraction of sp³-hybridized carbons (Fsp3) is 0.333. The monoisotopic (exact) mass is 274 g/mol. The van der Waals surface area contributed by atoms with E-state index in [0.717, 1.165) is 0 Å². The van der Waals surface area contributed by atoms with E-state index in [1.165, 1.54) is 30.1 Å². The summed E-state index contributed by atoms with van der Waals surface area (Å²) in [5, 5.41) is 0. The molecular weight excluding hydrogens is 247 g/mol. The molecule has 2 rings (SSSR count). The maximum atomic E-state index is 2.70. The molecule has 0 aliphatic rings. The summed E-state index contributed by atoms with van der Waals surface area (Å²) in [6.07, 6.45) is 3.94. The first kappa shape index (κ1) is 17.9. The molecule has 0 aromatic heterocycles. The highest BCUT2D eigenvalue weighted by molar-refractivity contribution is 7.16. The minimum Gasteiger partial charge on any atom is -0.138 e. The second-order valence-corrected chi connectivity index (χ2v) is 5.03. The van der Waals surface area contributed by atoms with Crippen molar-refractivity contribution in [3.05, 3.63) is 71.8 Å². The van der Waals surface area contributed by atoms with Gasteiger partial charge in [-0.25, -0.2) is 0 Å². The maximum absolute atomic E-state index is 2.70. The molecule has 0 radical (unpaired) electrons. The van der Waals surface area contributed by atoms with Gasteiger partial charge in [-0.3, -0.25) is 0 Å². The Morgan fingerprint density at radius 1 is 0.737 bits per heavy atom. The van der Waals surface area contributed by atoms with Crippen molar-refractivity contribution in [1.82, 2.24) is 0 Å². The zero-order valence-electron chi connectivity index (χ0n) is 12.5. The van der Waals surface area contributed by atoms with Crippen molar-refractivity contribution in [3.63, 3.8) is 0 Å². The van der Waals surface area contributed by atoms with Crippen LogP contribution in [0.2, 0.25) is 0 Å². The van der Waals surface area contributed by atoms with E-state index >= 15 is 0 Å². The highest BCUT2D eigenvalue weighted by atomic mass is 31.0. The first-order valence-electron chi connectivity index (χ1n) is 6.94. The largest absolute Gasteiger partial charge is 0.138 e. The second kappa shape index (κ2) is 13.3. The first-order chi connectivity index (χ1) is 9.20. The Balaban J connectivity index is 0.000000261. The van der Waals surface area contributed by atoms with Crippen LogP contribution >= 0.6 is 9.24 Å². The summed E-state index contributed by atoms with van der Waals surface area (Å²) in [5.41, 5.74) is 2.64. The Morgan fingerprint density at radius 3 is 1.21 bits per heavy atom. The van der Waals surface area contributed by atoms with Gasteiger partial charge in [0.2, 0.25) is 0 Å². The van der Waals surface area contributed by atoms with Crippen molar-refractivity contribution in [2.75, 3.05) is 6.16 Å². The van der Waals surface area contributed by atoms with E-state index in [4.69, 9.17) is 0 Å². The summed E-state index contributed by atoms with van der Waals surface area (Å²) >= 11 is 0. The molecule has 0 bridgehead atoms. The number of hydrogen-bond donors (Lipinski definition) is 0. The average Bonchev–Trinajstić information content (AvgIpc) is 2.43. The van der Waals surface area contributed by atoms with Crippen molar-refractivity contribution >= 4 is 9.24 Å². The van der Waals surface area contributed by atoms with E-state index in [0.29, 0.717) is 0 Å². The van der Waals surface area contributed by atoms with Gasteiger partial charge < -0.3 is 0 Å². The molecule has 1 unspecified atom stereocenters. The fourth-order valence-electron chi connectivity index (χ4n) is 1.27. The van der Waals surface area contributed by atoms with Crippen LogP contribution in [0.5, 0.6) is 0 Å². The van der Waals surface area contributed by atoms with Crippen LogP contribution in [0.25, 0.3) is 0 Å². The minimum atomic E-state index is 1.26. The van der Waals surface area contributed by atoms with Crippen LogP contribution in [0.1, 0.15) is 30.9 Å². The third-order valence-corrected chi connectivity index (χ3v) is 2.85. The van der Waals surface area contributed by atoms with E-state index in [1.807, 2.05) is 36.4 Å². The molecule has 0 saturated heterocycles. The second-order valence-electron chi connectivity index (χ2n) is 4.45. The molecule has 2 aromatic carbocycles. The Bertz CT molecular complexity index is 341. The van der Waals surface area contributed by atoms with Crippen molar-refractivity contribution in [3.8, 4) is 0 Å². The Kier molecular flexibility index (Phi) is 12.5. The predicted molar refractivity (Wildman–Crippen MR) is 91.8 cm³/mol. The molecule has 19 heavy (non-hydrogen) atoms. The summed E-state index contributed by atoms with van der Waals surface area (Å²) in [4.78, 5) is 0. The predicted octanol–water partition coefficient (Wildman–Crippen LogP) is 5.65. The zero-order valence-corrected chi connectivity index (χ0v) is 13.6. The lowest BCUT2D eigenvalue weighted by atomic mass is 10.2. The van der Waals surface area contributed by atoms with Crippen molar-refractivity contribution in [2.45, 2.75) is 33.6 Å². The lowest BCUT2D eigenvalue weighted by Gasteiger charge is -1.82. The Morgan fingerprint density at radius 2 is 1.11 bits per heavy atom. The van der Waals surface area contributed by atoms with E-state index < -0.39 is 0 Å². The standard InChI is InChI=1S/2C7H8.C4H11P/c2*1-7-5-3-2-4-6-7;1-2-3-4-5/h2*2-6H,1H3;2-5H2,1H3. The van der Waals surface area contributed by atoms with Gasteiger partial charge in [-0.05, 0) is 20.0 Å². The Hall–Kier alpha value is -1.13. The van der Waals surface area contributed by atoms with Crippen LogP contribution in [0.3, 0.4) is 0 Å². The van der Waals surface area contributed by atoms with Crippen LogP contribution in [0.15, 0.2) is 60.7 Å². The molecule has 0 nitrogen and oxygen atoms in total. The van der Waals surface area contributed by atoms with Gasteiger partial charge >= 0.3 is 0 Å². The highest BCUT2D eigenvalue weighted by Gasteiger charge is 1.72. The van der Waals surface area contributed by atoms with Gasteiger partial charge in [-0.1, -0.05) is 91.6 Å². The van der Waals surface area contributed by atoms with Crippen LogP contribution in [0.4, 0.5) is 0 Å². The van der Waals surface area contributed by atoms with E-state index in [2.05, 4.69) is 54.3 Å². The third kappa shape index (κ3) is 13.1. The quantitative estimate of drug-likeness (QED) is 0.621. The van der Waals surface area contributed by atoms with Crippen molar-refractivity contribution in [2.24, 2.45) is 0 Å². The first-order valence-corrected chi connectivity index (χ1v) is 7.75. The minimum absolute atomic E-state index is 1.26. The summed E-state index contributed by atoms with van der Waals surface area (Å²) in [5.74, 6) is 0. The van der Waals surface area contributed by atoms with E-state index in [-0.39, 0.29) is 0 Å². The molecule has 2 aromatic rings. The van der Waals surface area contributed by atoms with Crippen LogP contribution in [-0.2, 0) is 0 Å². The van der Waals surface area contributed by atoms with Gasteiger partial charge in [0.25, 0.3) is 0 Å². The lowest BCUT2D eigenvalue weighted by molar-refractivity contribution is 0.897. The molecule has 1 heteroatoms. The molecule has 0 aliphatic carbocycles. The molecule has 0 amide bonds. The number of benzene rings is 2. The van der Waals surface area contributed by atoms with Crippen molar-refractivity contribution in [1.29, 1.82) is 0 Å². The van der Waals surface area contributed by atoms with Crippen molar-refractivity contribution < 1.29 is 0 Å². The maximum Gasteiger partial charge on any atom is -0.0381 e. The number of unbranched alkanes of at least 4 members (excludes halogenated alkanes) is 1. The number of aryl methyl sites for hydroxylation is 2. The molecule has 0 N–H and O–H groups in total. The lowest BCUT2D eigenvalue weighted by Crippen LogP contribution is -1.64. The van der Waals surface area contributed by atoms with Gasteiger partial charge in [0.05, 0.1) is 0 Å². The van der Waals surface area contributed by atoms with Gasteiger partial charge in [0.15, 0.2) is 0 Å². The fourth-order valence-corrected chi connectivity index (χ4v) is 1.68. The number of rotatable bonds is 2. The molecule has 0 spiro atoms. The molecule has 0 heterocycles. The molecule has 0 fully saturated rings. The van der Waals surface area contributed by atoms with E-state index in [1.54, 1.807) is 0 Å². The van der Waals surface area contributed by atoms with E-state index in [9.17, 15) is 0 Å². The number of hydrogen-bond acceptors (Lipinski definition) is 0. The smallest absolute Gasteiger partial charge is 0.0381 e. The third-order valence-electron chi connectivity index (χ3n) is 2.44. The van der Waals surface area contributed by atoms with Crippen LogP contribution in [-0.4, -0.2) is 6.16 Å². The summed E-state index contributed by atoms with van der Waals surface area (Å²) in [6, 6.07) is 20.5. The van der Waals surface area contributed by atoms with Gasteiger partial charge in [0.1, 0.15) is 0 Å². The molecule has 0 aliphatic heterocycles. The summed E-state index contributed by atoms with van der Waals surface area (Å²) in [6.45, 7) is 6.37. The highest BCUT2D eigenvalue weighted by Crippen LogP contribution is 1.92. The topological polar surface area (TPSA) is 0 Å². The average molecular weight is 274 g/mol. The molecule has 104 valence electrons. The van der Waals surface area contributed by atoms with Crippen LogP contribution < -0.4 is 0 Å². The van der Waals surface area contributed by atoms with Crippen LogP contribution in [0, 0.1) is 13.8 Å². The Labute approximate surface area is 121 Å².